The van der Waals surface area contributed by atoms with Gasteiger partial charge in [0.2, 0.25) is 47.3 Å². The molecule has 0 saturated heterocycles. The van der Waals surface area contributed by atoms with Gasteiger partial charge in [-0.25, -0.2) is 0 Å². The van der Waals surface area contributed by atoms with Gasteiger partial charge in [0.1, 0.15) is 42.3 Å². The number of para-hydroxylation sites is 1. The van der Waals surface area contributed by atoms with Crippen LogP contribution in [-0.2, 0) is 51.2 Å². The van der Waals surface area contributed by atoms with E-state index in [1.54, 1.807) is 36.5 Å². The van der Waals surface area contributed by atoms with E-state index < -0.39 is 95.6 Å². The average Bonchev–Trinajstić information content (AvgIpc) is 3.66. The van der Waals surface area contributed by atoms with Crippen LogP contribution in [0.15, 0.2) is 65.8 Å². The maximum Gasteiger partial charge on any atom is 0.244 e. The Hall–Kier alpha value is -7.03. The van der Waals surface area contributed by atoms with Crippen LogP contribution in [0.1, 0.15) is 77.8 Å². The van der Waals surface area contributed by atoms with Gasteiger partial charge in [-0.05, 0) is 57.2 Å². The molecule has 1 heterocycles. The van der Waals surface area contributed by atoms with E-state index in [4.69, 9.17) is 22.9 Å². The molecule has 0 saturated carbocycles. The van der Waals surface area contributed by atoms with Crippen molar-refractivity contribution >= 4 is 64.1 Å². The lowest BCUT2D eigenvalue weighted by Gasteiger charge is -2.28. The molecule has 3 aromatic rings. The van der Waals surface area contributed by atoms with Gasteiger partial charge in [-0.1, -0.05) is 68.3 Å². The van der Waals surface area contributed by atoms with Crippen LogP contribution in [0.2, 0.25) is 0 Å². The molecule has 8 amide bonds. The van der Waals surface area contributed by atoms with Gasteiger partial charge in [0.25, 0.3) is 0 Å². The van der Waals surface area contributed by atoms with Gasteiger partial charge in [-0.3, -0.25) is 43.3 Å². The molecule has 1 aromatic heterocycles. The highest BCUT2D eigenvalue weighted by Gasteiger charge is 2.34. The Labute approximate surface area is 378 Å². The Morgan fingerprint density at radius 3 is 1.74 bits per heavy atom. The summed E-state index contributed by atoms with van der Waals surface area (Å²) in [4.78, 5) is 113. The summed E-state index contributed by atoms with van der Waals surface area (Å²) in [5.74, 6) is -5.84. The molecule has 0 fully saturated rings. The predicted octanol–water partition coefficient (Wildman–Crippen LogP) is -1.52. The molecule has 0 aliphatic rings. The van der Waals surface area contributed by atoms with Crippen LogP contribution < -0.4 is 60.2 Å². The number of carbonyl (C=O) groups excluding carboxylic acids is 8. The van der Waals surface area contributed by atoms with E-state index in [9.17, 15) is 38.4 Å². The first-order chi connectivity index (χ1) is 30.8. The van der Waals surface area contributed by atoms with Crippen molar-refractivity contribution in [2.45, 2.75) is 128 Å². The molecule has 3 rings (SSSR count). The number of aromatic amines is 1. The Morgan fingerprint density at radius 1 is 0.615 bits per heavy atom. The SMILES string of the molecule is CCCC[C@H](NC(C)=O)C(=O)N[C@@H](C)C(=O)N[C@H](C(=O)N[C@H](Cc1ccccc1)C(=O)N[C@@H](CCCN=C(N)N)C(=O)N[C@@H](C)C(=O)N[C@@H](Cc1c[nH]c2ccccc12)C(N)=O)C(C)N. The van der Waals surface area contributed by atoms with Gasteiger partial charge in [-0.15, -0.1) is 0 Å². The highest BCUT2D eigenvalue weighted by atomic mass is 16.2. The third-order valence-electron chi connectivity index (χ3n) is 10.4. The zero-order valence-corrected chi connectivity index (χ0v) is 37.6. The van der Waals surface area contributed by atoms with Crippen LogP contribution in [-0.4, -0.2) is 113 Å². The zero-order chi connectivity index (χ0) is 48.2. The van der Waals surface area contributed by atoms with Gasteiger partial charge < -0.3 is 65.1 Å². The Bertz CT molecular complexity index is 2140. The largest absolute Gasteiger partial charge is 0.370 e. The van der Waals surface area contributed by atoms with Gasteiger partial charge in [0.15, 0.2) is 5.96 Å². The monoisotopic (exact) mass is 904 g/mol. The predicted molar refractivity (Wildman–Crippen MR) is 245 cm³/mol. The van der Waals surface area contributed by atoms with Crippen molar-refractivity contribution in [3.63, 3.8) is 0 Å². The highest BCUT2D eigenvalue weighted by Crippen LogP contribution is 2.19. The number of hydrogen-bond donors (Lipinski definition) is 12. The van der Waals surface area contributed by atoms with Crippen molar-refractivity contribution in [1.29, 1.82) is 0 Å². The van der Waals surface area contributed by atoms with E-state index in [-0.39, 0.29) is 38.2 Å². The smallest absolute Gasteiger partial charge is 0.244 e. The molecule has 1 unspecified atom stereocenters. The third-order valence-corrected chi connectivity index (χ3v) is 10.4. The number of aliphatic imine (C=N–C) groups is 1. The number of guanidine groups is 1. The molecule has 0 spiro atoms. The Kier molecular flexibility index (Phi) is 20.9. The lowest BCUT2D eigenvalue weighted by atomic mass is 10.0. The first-order valence-corrected chi connectivity index (χ1v) is 21.6. The van der Waals surface area contributed by atoms with E-state index in [1.807, 2.05) is 31.2 Å². The summed E-state index contributed by atoms with van der Waals surface area (Å²) in [6.45, 7) is 7.58. The number of nitrogens with one attached hydrogen (secondary N) is 8. The van der Waals surface area contributed by atoms with Gasteiger partial charge in [0.05, 0.1) is 0 Å². The van der Waals surface area contributed by atoms with E-state index in [0.29, 0.717) is 18.4 Å². The minimum atomic E-state index is -1.39. The molecule has 0 bridgehead atoms. The van der Waals surface area contributed by atoms with Crippen molar-refractivity contribution < 1.29 is 38.4 Å². The molecule has 0 radical (unpaired) electrons. The second kappa shape index (κ2) is 25.9. The van der Waals surface area contributed by atoms with E-state index in [1.165, 1.54) is 27.7 Å². The second-order valence-electron chi connectivity index (χ2n) is 16.0. The van der Waals surface area contributed by atoms with E-state index in [2.05, 4.69) is 47.2 Å². The summed E-state index contributed by atoms with van der Waals surface area (Å²) < 4.78 is 0. The number of primary amides is 1. The van der Waals surface area contributed by atoms with Gasteiger partial charge >= 0.3 is 0 Å². The topological polar surface area (TPSA) is 353 Å². The van der Waals surface area contributed by atoms with Crippen LogP contribution in [0.4, 0.5) is 0 Å². The second-order valence-corrected chi connectivity index (χ2v) is 16.0. The number of rotatable bonds is 26. The van der Waals surface area contributed by atoms with Crippen molar-refractivity contribution in [1.82, 2.24) is 42.2 Å². The number of nitrogens with zero attached hydrogens (tertiary/aromatic N) is 1. The van der Waals surface area contributed by atoms with Crippen LogP contribution in [0.5, 0.6) is 0 Å². The fourth-order valence-electron chi connectivity index (χ4n) is 6.80. The maximum atomic E-state index is 14.2. The van der Waals surface area contributed by atoms with Crippen molar-refractivity contribution in [2.24, 2.45) is 27.9 Å². The standard InChI is InChI=1S/C44H65N13O8/c1-6-7-17-32(53-27(5)58)40(62)52-26(4)39(61)57-36(24(2)45)43(65)56-35(21-28-14-9-8-10-15-28)42(64)54-33(19-13-20-49-44(47)48)41(63)51-25(3)38(60)55-34(37(46)59)22-29-23-50-31-18-12-11-16-30(29)31/h8-12,14-16,18,23-26,32-36,50H,6-7,13,17,19-22,45H2,1-5H3,(H2,46,59)(H,51,63)(H,52,62)(H,53,58)(H,54,64)(H,55,60)(H,56,65)(H,57,61)(H4,47,48,49)/t24?,25-,26-,32-,33-,34-,35+,36-/m0/s1. The van der Waals surface area contributed by atoms with Crippen LogP contribution in [0, 0.1) is 0 Å². The first-order valence-electron chi connectivity index (χ1n) is 21.6. The average molecular weight is 904 g/mol. The normalized spacial score (nSPS) is 14.7. The number of fused-ring (bicyclic) bond motifs is 1. The van der Waals surface area contributed by atoms with Crippen molar-refractivity contribution in [3.8, 4) is 0 Å². The zero-order valence-electron chi connectivity index (χ0n) is 37.6. The molecular weight excluding hydrogens is 839 g/mol. The number of unbranched alkanes of at least 4 members (excludes halogenated alkanes) is 1. The molecule has 21 nitrogen and oxygen atoms in total. The van der Waals surface area contributed by atoms with Gasteiger partial charge in [0, 0.05) is 49.5 Å². The first kappa shape index (κ1) is 52.3. The number of hydrogen-bond acceptors (Lipinski definition) is 10. The summed E-state index contributed by atoms with van der Waals surface area (Å²) in [6, 6.07) is 6.77. The number of nitrogens with two attached hydrogens (primary N) is 4. The van der Waals surface area contributed by atoms with Crippen LogP contribution >= 0.6 is 0 Å². The van der Waals surface area contributed by atoms with E-state index in [0.717, 1.165) is 22.9 Å². The van der Waals surface area contributed by atoms with Crippen LogP contribution in [0.25, 0.3) is 10.9 Å². The summed E-state index contributed by atoms with van der Waals surface area (Å²) in [7, 11) is 0. The maximum absolute atomic E-state index is 14.2. The molecule has 65 heavy (non-hydrogen) atoms. The molecular formula is C44H65N13O8. The lowest BCUT2D eigenvalue weighted by Crippen LogP contribution is -2.62. The summed E-state index contributed by atoms with van der Waals surface area (Å²) in [6.07, 6.45) is 3.71. The number of carbonyl (C=O) groups is 8. The molecule has 21 heteroatoms. The fraction of sp³-hybridized carbons (Fsp3) is 0.477. The minimum absolute atomic E-state index is 0.0114. The molecule has 0 aliphatic carbocycles. The minimum Gasteiger partial charge on any atom is -0.370 e. The molecule has 8 atom stereocenters. The van der Waals surface area contributed by atoms with Gasteiger partial charge in [-0.2, -0.15) is 0 Å². The molecule has 2 aromatic carbocycles. The summed E-state index contributed by atoms with van der Waals surface area (Å²) in [5.41, 5.74) is 25.0. The van der Waals surface area contributed by atoms with Crippen LogP contribution in [0.3, 0.4) is 0 Å². The number of amides is 8. The lowest BCUT2D eigenvalue weighted by molar-refractivity contribution is -0.135. The summed E-state index contributed by atoms with van der Waals surface area (Å²) >= 11 is 0. The Morgan fingerprint density at radius 2 is 1.15 bits per heavy atom. The number of H-pyrrole nitrogens is 1. The van der Waals surface area contributed by atoms with Crippen molar-refractivity contribution in [2.75, 3.05) is 6.54 Å². The number of benzene rings is 2. The van der Waals surface area contributed by atoms with E-state index >= 15 is 0 Å². The fourth-order valence-corrected chi connectivity index (χ4v) is 6.80. The van der Waals surface area contributed by atoms with Crippen molar-refractivity contribution in [3.05, 3.63) is 71.9 Å². The molecule has 0 aliphatic heterocycles. The molecule has 16 N–H and O–H groups in total. The summed E-state index contributed by atoms with van der Waals surface area (Å²) in [5, 5.41) is 19.1. The Balaban J connectivity index is 1.79. The third kappa shape index (κ3) is 17.2. The highest BCUT2D eigenvalue weighted by molar-refractivity contribution is 5.98. The number of aromatic nitrogens is 1. The quantitative estimate of drug-likeness (QED) is 0.0249. The molecule has 354 valence electrons.